The van der Waals surface area contributed by atoms with Crippen molar-refractivity contribution in [3.63, 3.8) is 0 Å². The molecule has 2 nitrogen and oxygen atoms in total. The highest BCUT2D eigenvalue weighted by atomic mass is 32.1. The van der Waals surface area contributed by atoms with Crippen LogP contribution in [0.2, 0.25) is 0 Å². The van der Waals surface area contributed by atoms with E-state index in [0.29, 0.717) is 0 Å². The number of nitrogens with one attached hydrogen (secondary N) is 1. The third-order valence-electron chi connectivity index (χ3n) is 2.70. The topological polar surface area (TPSA) is 16.4 Å². The summed E-state index contributed by atoms with van der Waals surface area (Å²) in [5.74, 6) is 0. The molecule has 1 N–H and O–H groups in total. The van der Waals surface area contributed by atoms with Gasteiger partial charge in [-0.05, 0) is 23.9 Å². The summed E-state index contributed by atoms with van der Waals surface area (Å²) in [6, 6.07) is 12.4. The Bertz CT molecular complexity index is 485. The molecule has 0 fully saturated rings. The minimum atomic E-state index is -0.253. The van der Waals surface area contributed by atoms with E-state index in [1.165, 1.54) is 5.56 Å². The van der Waals surface area contributed by atoms with E-state index in [2.05, 4.69) is 29.2 Å². The highest BCUT2D eigenvalue weighted by molar-refractivity contribution is 7.07. The molecule has 1 aromatic heterocycles. The zero-order chi connectivity index (χ0) is 12.1. The lowest BCUT2D eigenvalue weighted by Crippen LogP contribution is -2.21. The smallest absolute Gasteiger partial charge is 0.291 e. The summed E-state index contributed by atoms with van der Waals surface area (Å²) in [6.07, 6.45) is -0.253. The van der Waals surface area contributed by atoms with Crippen LogP contribution < -0.4 is 5.32 Å². The summed E-state index contributed by atoms with van der Waals surface area (Å²) in [7, 11) is 0. The molecule has 2 rings (SSSR count). The Morgan fingerprint density at radius 2 is 1.94 bits per heavy atom. The van der Waals surface area contributed by atoms with Gasteiger partial charge in [0.2, 0.25) is 0 Å². The van der Waals surface area contributed by atoms with Gasteiger partial charge in [0.15, 0.2) is 0 Å². The summed E-state index contributed by atoms with van der Waals surface area (Å²) in [5, 5.41) is 7.36. The fraction of sp³-hybridized carbons (Fsp3) is 0.214. The van der Waals surface area contributed by atoms with Gasteiger partial charge in [-0.1, -0.05) is 30.3 Å². The molecule has 2 atom stereocenters. The van der Waals surface area contributed by atoms with Crippen LogP contribution in [0, 0.1) is 6.57 Å². The van der Waals surface area contributed by atoms with Crippen LogP contribution in [-0.2, 0) is 0 Å². The maximum absolute atomic E-state index is 7.26. The SMILES string of the molecule is [C-]#[N+]C(NC(C)c1ccccc1)c1ccsc1. The van der Waals surface area contributed by atoms with Gasteiger partial charge >= 0.3 is 6.17 Å². The second-order valence-electron chi connectivity index (χ2n) is 3.89. The number of nitrogens with zero attached hydrogens (tertiary/aromatic N) is 1. The van der Waals surface area contributed by atoms with Gasteiger partial charge in [0, 0.05) is 11.4 Å². The number of rotatable bonds is 4. The van der Waals surface area contributed by atoms with Crippen LogP contribution in [0.25, 0.3) is 4.85 Å². The monoisotopic (exact) mass is 242 g/mol. The molecule has 0 spiro atoms. The quantitative estimate of drug-likeness (QED) is 0.801. The van der Waals surface area contributed by atoms with Crippen molar-refractivity contribution in [1.82, 2.24) is 5.32 Å². The predicted octanol–water partition coefficient (Wildman–Crippen LogP) is 4.02. The number of hydrogen-bond acceptors (Lipinski definition) is 2. The van der Waals surface area contributed by atoms with Crippen LogP contribution in [0.15, 0.2) is 47.2 Å². The van der Waals surface area contributed by atoms with Crippen molar-refractivity contribution in [3.8, 4) is 0 Å². The van der Waals surface area contributed by atoms with E-state index in [1.54, 1.807) is 11.3 Å². The van der Waals surface area contributed by atoms with Crippen molar-refractivity contribution in [2.45, 2.75) is 19.1 Å². The molecule has 0 radical (unpaired) electrons. The van der Waals surface area contributed by atoms with Gasteiger partial charge in [0.05, 0.1) is 5.56 Å². The van der Waals surface area contributed by atoms with Gasteiger partial charge in [-0.2, -0.15) is 11.3 Å². The van der Waals surface area contributed by atoms with Crippen LogP contribution in [0.1, 0.15) is 30.3 Å². The second kappa shape index (κ2) is 5.62. The zero-order valence-corrected chi connectivity index (χ0v) is 10.4. The Labute approximate surface area is 106 Å². The molecule has 3 heteroatoms. The van der Waals surface area contributed by atoms with Crippen LogP contribution in [0.3, 0.4) is 0 Å². The first kappa shape index (κ1) is 11.8. The summed E-state index contributed by atoms with van der Waals surface area (Å²) < 4.78 is 0. The number of hydrogen-bond donors (Lipinski definition) is 1. The normalized spacial score (nSPS) is 13.9. The van der Waals surface area contributed by atoms with Crippen molar-refractivity contribution in [2.24, 2.45) is 0 Å². The van der Waals surface area contributed by atoms with Crippen LogP contribution >= 0.6 is 11.3 Å². The van der Waals surface area contributed by atoms with Crippen molar-refractivity contribution >= 4 is 11.3 Å². The minimum absolute atomic E-state index is 0.176. The van der Waals surface area contributed by atoms with Crippen LogP contribution in [0.5, 0.6) is 0 Å². The van der Waals surface area contributed by atoms with E-state index in [0.717, 1.165) is 5.56 Å². The van der Waals surface area contributed by atoms with E-state index in [-0.39, 0.29) is 12.2 Å². The van der Waals surface area contributed by atoms with E-state index < -0.39 is 0 Å². The van der Waals surface area contributed by atoms with Crippen molar-refractivity contribution in [3.05, 3.63) is 69.7 Å². The molecule has 0 aliphatic heterocycles. The average molecular weight is 242 g/mol. The van der Waals surface area contributed by atoms with Crippen LogP contribution in [0.4, 0.5) is 0 Å². The largest absolute Gasteiger partial charge is 0.304 e. The van der Waals surface area contributed by atoms with Gasteiger partial charge in [-0.3, -0.25) is 4.85 Å². The van der Waals surface area contributed by atoms with Crippen molar-refractivity contribution in [2.75, 3.05) is 0 Å². The number of benzene rings is 1. The average Bonchev–Trinajstić information content (AvgIpc) is 2.90. The van der Waals surface area contributed by atoms with Gasteiger partial charge in [-0.25, -0.2) is 11.9 Å². The highest BCUT2D eigenvalue weighted by Gasteiger charge is 2.18. The molecule has 2 aromatic rings. The maximum atomic E-state index is 7.26. The van der Waals surface area contributed by atoms with Gasteiger partial charge in [0.25, 0.3) is 0 Å². The Kier molecular flexibility index (Phi) is 3.92. The van der Waals surface area contributed by atoms with Crippen molar-refractivity contribution < 1.29 is 0 Å². The van der Waals surface area contributed by atoms with E-state index in [1.807, 2.05) is 35.0 Å². The van der Waals surface area contributed by atoms with Gasteiger partial charge in [-0.15, -0.1) is 0 Å². The maximum Gasteiger partial charge on any atom is 0.304 e. The molecule has 0 saturated carbocycles. The standard InChI is InChI=1S/C14H14N2S/c1-11(12-6-4-3-5-7-12)16-14(15-2)13-8-9-17-10-13/h3-11,14,16H,1H3. The molecule has 0 aliphatic rings. The third-order valence-corrected chi connectivity index (χ3v) is 3.40. The van der Waals surface area contributed by atoms with Crippen molar-refractivity contribution in [1.29, 1.82) is 0 Å². The molecule has 1 aromatic carbocycles. The Morgan fingerprint density at radius 3 is 2.53 bits per heavy atom. The molecular formula is C14H14N2S. The van der Waals surface area contributed by atoms with Gasteiger partial charge < -0.3 is 0 Å². The molecule has 86 valence electrons. The van der Waals surface area contributed by atoms with Crippen LogP contribution in [-0.4, -0.2) is 0 Å². The predicted molar refractivity (Wildman–Crippen MR) is 71.7 cm³/mol. The summed E-state index contributed by atoms with van der Waals surface area (Å²) in [4.78, 5) is 3.64. The summed E-state index contributed by atoms with van der Waals surface area (Å²) in [5.41, 5.74) is 2.25. The summed E-state index contributed by atoms with van der Waals surface area (Å²) >= 11 is 1.62. The Morgan fingerprint density at radius 1 is 1.18 bits per heavy atom. The molecule has 1 heterocycles. The first-order chi connectivity index (χ1) is 8.31. The van der Waals surface area contributed by atoms with E-state index in [4.69, 9.17) is 6.57 Å². The highest BCUT2D eigenvalue weighted by Crippen LogP contribution is 2.22. The lowest BCUT2D eigenvalue weighted by atomic mass is 10.1. The van der Waals surface area contributed by atoms with E-state index in [9.17, 15) is 0 Å². The molecule has 0 bridgehead atoms. The second-order valence-corrected chi connectivity index (χ2v) is 4.67. The molecule has 17 heavy (non-hydrogen) atoms. The fourth-order valence-corrected chi connectivity index (χ4v) is 2.39. The fourth-order valence-electron chi connectivity index (χ4n) is 1.71. The van der Waals surface area contributed by atoms with E-state index >= 15 is 0 Å². The lowest BCUT2D eigenvalue weighted by molar-refractivity contribution is 0.525. The van der Waals surface area contributed by atoms with Gasteiger partial charge in [0.1, 0.15) is 0 Å². The molecule has 0 amide bonds. The third kappa shape index (κ3) is 2.94. The first-order valence-electron chi connectivity index (χ1n) is 5.51. The first-order valence-corrected chi connectivity index (χ1v) is 6.45. The molecular weight excluding hydrogens is 228 g/mol. The Balaban J connectivity index is 2.08. The number of thiophene rings is 1. The minimum Gasteiger partial charge on any atom is -0.291 e. The zero-order valence-electron chi connectivity index (χ0n) is 9.63. The summed E-state index contributed by atoms with van der Waals surface area (Å²) in [6.45, 7) is 9.34. The molecule has 2 unspecified atom stereocenters. The molecule has 0 aliphatic carbocycles. The molecule has 0 saturated heterocycles. The lowest BCUT2D eigenvalue weighted by Gasteiger charge is -2.14. The Hall–Kier alpha value is -1.63.